The SMILES string of the molecule is CC1CS(=O)(=O)c2c(CC(=O)O)cccc21. The highest BCUT2D eigenvalue weighted by Gasteiger charge is 2.34. The molecule has 0 saturated carbocycles. The first-order valence-corrected chi connectivity index (χ1v) is 6.63. The van der Waals surface area contributed by atoms with Gasteiger partial charge in [-0.2, -0.15) is 0 Å². The third-order valence-corrected chi connectivity index (χ3v) is 4.84. The van der Waals surface area contributed by atoms with Crippen LogP contribution in [0.1, 0.15) is 24.0 Å². The van der Waals surface area contributed by atoms with Gasteiger partial charge in [-0.05, 0) is 17.0 Å². The first kappa shape index (κ1) is 11.1. The minimum absolute atomic E-state index is 0.0475. The molecule has 0 aromatic heterocycles. The molecule has 1 atom stereocenters. The molecule has 4 nitrogen and oxygen atoms in total. The van der Waals surface area contributed by atoms with Crippen LogP contribution in [-0.4, -0.2) is 25.2 Å². The van der Waals surface area contributed by atoms with Gasteiger partial charge in [-0.25, -0.2) is 8.42 Å². The van der Waals surface area contributed by atoms with Crippen LogP contribution in [0.5, 0.6) is 0 Å². The second-order valence-electron chi connectivity index (χ2n) is 4.09. The number of aliphatic carboxylic acids is 1. The summed E-state index contributed by atoms with van der Waals surface area (Å²) in [6.45, 7) is 1.84. The molecule has 2 rings (SSSR count). The molecular formula is C11H12O4S. The Morgan fingerprint density at radius 1 is 1.50 bits per heavy atom. The lowest BCUT2D eigenvalue weighted by Gasteiger charge is -2.06. The highest BCUT2D eigenvalue weighted by atomic mass is 32.2. The predicted molar refractivity (Wildman–Crippen MR) is 58.2 cm³/mol. The van der Waals surface area contributed by atoms with E-state index in [4.69, 9.17) is 5.11 Å². The fourth-order valence-electron chi connectivity index (χ4n) is 2.18. The summed E-state index contributed by atoms with van der Waals surface area (Å²) in [6.07, 6.45) is -0.241. The topological polar surface area (TPSA) is 71.4 Å². The molecule has 1 heterocycles. The summed E-state index contributed by atoms with van der Waals surface area (Å²) in [4.78, 5) is 10.9. The molecule has 0 fully saturated rings. The lowest BCUT2D eigenvalue weighted by molar-refractivity contribution is -0.136. The van der Waals surface area contributed by atoms with Gasteiger partial charge in [-0.15, -0.1) is 0 Å². The molecule has 1 unspecified atom stereocenters. The van der Waals surface area contributed by atoms with Gasteiger partial charge in [0.2, 0.25) is 0 Å². The summed E-state index contributed by atoms with van der Waals surface area (Å²) in [6, 6.07) is 5.05. The molecule has 1 aliphatic heterocycles. The van der Waals surface area contributed by atoms with Crippen LogP contribution in [0.2, 0.25) is 0 Å². The molecule has 1 N–H and O–H groups in total. The molecule has 0 radical (unpaired) electrons. The highest BCUT2D eigenvalue weighted by Crippen LogP contribution is 2.36. The van der Waals surface area contributed by atoms with Crippen LogP contribution >= 0.6 is 0 Å². The number of benzene rings is 1. The molecule has 1 aliphatic rings. The van der Waals surface area contributed by atoms with Crippen molar-refractivity contribution in [2.24, 2.45) is 0 Å². The molecule has 16 heavy (non-hydrogen) atoms. The van der Waals surface area contributed by atoms with Gasteiger partial charge in [0.1, 0.15) is 0 Å². The number of carboxylic acids is 1. The fraction of sp³-hybridized carbons (Fsp3) is 0.364. The first-order valence-electron chi connectivity index (χ1n) is 4.98. The Kier molecular flexibility index (Phi) is 2.50. The number of carboxylic acid groups (broad SMARTS) is 1. The van der Waals surface area contributed by atoms with Gasteiger partial charge in [0.15, 0.2) is 9.84 Å². The number of hydrogen-bond donors (Lipinski definition) is 1. The number of rotatable bonds is 2. The van der Waals surface area contributed by atoms with E-state index in [2.05, 4.69) is 0 Å². The maximum Gasteiger partial charge on any atom is 0.307 e. The van der Waals surface area contributed by atoms with Crippen LogP contribution in [0.25, 0.3) is 0 Å². The summed E-state index contributed by atoms with van der Waals surface area (Å²) >= 11 is 0. The summed E-state index contributed by atoms with van der Waals surface area (Å²) in [5, 5.41) is 8.74. The van der Waals surface area contributed by atoms with Crippen LogP contribution in [0, 0.1) is 0 Å². The molecule has 0 aliphatic carbocycles. The number of fused-ring (bicyclic) bond motifs is 1. The van der Waals surface area contributed by atoms with Crippen molar-refractivity contribution < 1.29 is 18.3 Å². The second kappa shape index (κ2) is 3.59. The molecular weight excluding hydrogens is 228 g/mol. The van der Waals surface area contributed by atoms with E-state index in [-0.39, 0.29) is 23.0 Å². The number of sulfone groups is 1. The van der Waals surface area contributed by atoms with E-state index < -0.39 is 15.8 Å². The van der Waals surface area contributed by atoms with Crippen LogP contribution in [0.3, 0.4) is 0 Å². The van der Waals surface area contributed by atoms with Gasteiger partial charge in [0.25, 0.3) is 0 Å². The standard InChI is InChI=1S/C11H12O4S/c1-7-6-16(14,15)11-8(5-10(12)13)3-2-4-9(7)11/h2-4,7H,5-6H2,1H3,(H,12,13). The van der Waals surface area contributed by atoms with Crippen LogP contribution in [-0.2, 0) is 21.1 Å². The summed E-state index contributed by atoms with van der Waals surface area (Å²) in [7, 11) is -3.29. The zero-order valence-electron chi connectivity index (χ0n) is 8.80. The van der Waals surface area contributed by atoms with Crippen molar-refractivity contribution in [3.63, 3.8) is 0 Å². The molecule has 1 aromatic rings. The third kappa shape index (κ3) is 1.71. The van der Waals surface area contributed by atoms with Crippen LogP contribution in [0.15, 0.2) is 23.1 Å². The average molecular weight is 240 g/mol. The van der Waals surface area contributed by atoms with E-state index in [1.54, 1.807) is 18.2 Å². The summed E-state index contributed by atoms with van der Waals surface area (Å²) in [5.74, 6) is -0.976. The average Bonchev–Trinajstić information content (AvgIpc) is 2.37. The van der Waals surface area contributed by atoms with E-state index in [1.807, 2.05) is 6.92 Å². The monoisotopic (exact) mass is 240 g/mol. The molecule has 0 saturated heterocycles. The Morgan fingerprint density at radius 3 is 2.81 bits per heavy atom. The van der Waals surface area contributed by atoms with Gasteiger partial charge < -0.3 is 5.11 Å². The predicted octanol–water partition coefficient (Wildman–Crippen LogP) is 1.20. The van der Waals surface area contributed by atoms with E-state index in [9.17, 15) is 13.2 Å². The Labute approximate surface area is 93.8 Å². The summed E-state index contributed by atoms with van der Waals surface area (Å²) in [5.41, 5.74) is 1.15. The molecule has 0 bridgehead atoms. The normalized spacial score (nSPS) is 21.7. The van der Waals surface area contributed by atoms with E-state index in [0.29, 0.717) is 5.56 Å². The Hall–Kier alpha value is -1.36. The van der Waals surface area contributed by atoms with Gasteiger partial charge in [0.05, 0.1) is 17.1 Å². The van der Waals surface area contributed by atoms with Gasteiger partial charge in [0, 0.05) is 0 Å². The van der Waals surface area contributed by atoms with E-state index in [1.165, 1.54) is 0 Å². The number of carbonyl (C=O) groups is 1. The Morgan fingerprint density at radius 2 is 2.19 bits per heavy atom. The molecule has 0 amide bonds. The van der Waals surface area contributed by atoms with Crippen LogP contribution in [0.4, 0.5) is 0 Å². The molecule has 0 spiro atoms. The lowest BCUT2D eigenvalue weighted by Crippen LogP contribution is -2.07. The smallest absolute Gasteiger partial charge is 0.307 e. The van der Waals surface area contributed by atoms with Gasteiger partial charge >= 0.3 is 5.97 Å². The van der Waals surface area contributed by atoms with E-state index >= 15 is 0 Å². The molecule has 1 aromatic carbocycles. The largest absolute Gasteiger partial charge is 0.481 e. The minimum Gasteiger partial charge on any atom is -0.481 e. The maximum atomic E-state index is 11.9. The van der Waals surface area contributed by atoms with Crippen molar-refractivity contribution in [1.29, 1.82) is 0 Å². The lowest BCUT2D eigenvalue weighted by atomic mass is 10.00. The van der Waals surface area contributed by atoms with Crippen LogP contribution < -0.4 is 0 Å². The first-order chi connectivity index (χ1) is 7.42. The van der Waals surface area contributed by atoms with E-state index in [0.717, 1.165) is 5.56 Å². The zero-order valence-corrected chi connectivity index (χ0v) is 9.62. The fourth-order valence-corrected chi connectivity index (χ4v) is 4.35. The zero-order chi connectivity index (χ0) is 11.9. The van der Waals surface area contributed by atoms with Gasteiger partial charge in [-0.3, -0.25) is 4.79 Å². The molecule has 5 heteroatoms. The second-order valence-corrected chi connectivity index (χ2v) is 6.06. The Balaban J connectivity index is 2.64. The number of hydrogen-bond acceptors (Lipinski definition) is 3. The van der Waals surface area contributed by atoms with Gasteiger partial charge in [-0.1, -0.05) is 25.1 Å². The molecule has 86 valence electrons. The van der Waals surface area contributed by atoms with Crippen molar-refractivity contribution >= 4 is 15.8 Å². The quantitative estimate of drug-likeness (QED) is 0.843. The van der Waals surface area contributed by atoms with Crippen molar-refractivity contribution in [1.82, 2.24) is 0 Å². The Bertz CT molecular complexity index is 545. The maximum absolute atomic E-state index is 11.9. The van der Waals surface area contributed by atoms with Crippen molar-refractivity contribution in [2.45, 2.75) is 24.2 Å². The van der Waals surface area contributed by atoms with Crippen molar-refractivity contribution in [3.8, 4) is 0 Å². The van der Waals surface area contributed by atoms with Crippen molar-refractivity contribution in [3.05, 3.63) is 29.3 Å². The minimum atomic E-state index is -3.29. The highest BCUT2D eigenvalue weighted by molar-refractivity contribution is 7.91. The van der Waals surface area contributed by atoms with Crippen molar-refractivity contribution in [2.75, 3.05) is 5.75 Å². The summed E-state index contributed by atoms with van der Waals surface area (Å²) < 4.78 is 23.7. The third-order valence-electron chi connectivity index (χ3n) is 2.78.